The summed E-state index contributed by atoms with van der Waals surface area (Å²) in [6.45, 7) is 1.75. The highest BCUT2D eigenvalue weighted by Gasteiger charge is 2.12. The number of anilines is 2. The molecule has 0 aromatic heterocycles. The molecule has 31 heavy (non-hydrogen) atoms. The Balaban J connectivity index is 1.68. The lowest BCUT2D eigenvalue weighted by atomic mass is 10.2. The van der Waals surface area contributed by atoms with Gasteiger partial charge in [-0.2, -0.15) is 0 Å². The fraction of sp³-hybridized carbons (Fsp3) is 0.273. The van der Waals surface area contributed by atoms with Crippen molar-refractivity contribution in [1.82, 2.24) is 0 Å². The monoisotopic (exact) mass is 446 g/mol. The highest BCUT2D eigenvalue weighted by atomic mass is 35.5. The number of esters is 2. The molecule has 2 aromatic rings. The molecule has 0 fully saturated rings. The lowest BCUT2D eigenvalue weighted by Gasteiger charge is -2.08. The van der Waals surface area contributed by atoms with Crippen molar-refractivity contribution in [3.8, 4) is 0 Å². The van der Waals surface area contributed by atoms with Crippen LogP contribution in [0.3, 0.4) is 0 Å². The van der Waals surface area contributed by atoms with E-state index in [2.05, 4.69) is 10.6 Å². The molecule has 0 aliphatic rings. The third-order valence-corrected chi connectivity index (χ3v) is 4.14. The molecule has 164 valence electrons. The number of rotatable bonds is 10. The second-order valence-electron chi connectivity index (χ2n) is 6.48. The first-order chi connectivity index (χ1) is 14.9. The van der Waals surface area contributed by atoms with Crippen molar-refractivity contribution in [3.05, 3.63) is 59.1 Å². The molecule has 9 heteroatoms. The zero-order chi connectivity index (χ0) is 22.6. The number of amides is 2. The minimum atomic E-state index is -0.671. The van der Waals surface area contributed by atoms with Gasteiger partial charge in [-0.15, -0.1) is 0 Å². The zero-order valence-electron chi connectivity index (χ0n) is 17.0. The van der Waals surface area contributed by atoms with E-state index in [1.165, 1.54) is 12.1 Å². The second-order valence-corrected chi connectivity index (χ2v) is 6.91. The van der Waals surface area contributed by atoms with Gasteiger partial charge >= 0.3 is 11.9 Å². The van der Waals surface area contributed by atoms with Crippen LogP contribution in [0, 0.1) is 0 Å². The molecule has 0 spiro atoms. The first-order valence-corrected chi connectivity index (χ1v) is 10.0. The predicted molar refractivity (Wildman–Crippen MR) is 116 cm³/mol. The van der Waals surface area contributed by atoms with Gasteiger partial charge in [-0.3, -0.25) is 14.4 Å². The quantitative estimate of drug-likeness (QED) is 0.537. The van der Waals surface area contributed by atoms with Gasteiger partial charge in [0.1, 0.15) is 0 Å². The summed E-state index contributed by atoms with van der Waals surface area (Å²) in [5.74, 6) is -2.01. The Morgan fingerprint density at radius 3 is 2.00 bits per heavy atom. The smallest absolute Gasteiger partial charge is 0.338 e. The summed E-state index contributed by atoms with van der Waals surface area (Å²) in [5, 5.41) is 5.72. The molecule has 0 radical (unpaired) electrons. The lowest BCUT2D eigenvalue weighted by molar-refractivity contribution is -0.147. The van der Waals surface area contributed by atoms with E-state index in [1.807, 2.05) is 6.92 Å². The molecule has 0 aliphatic carbocycles. The van der Waals surface area contributed by atoms with E-state index >= 15 is 0 Å². The average molecular weight is 447 g/mol. The molecule has 0 bridgehead atoms. The molecule has 0 aliphatic heterocycles. The van der Waals surface area contributed by atoms with Gasteiger partial charge in [0.15, 0.2) is 6.61 Å². The molecule has 2 amide bonds. The fourth-order valence-electron chi connectivity index (χ4n) is 2.36. The number of nitrogens with one attached hydrogen (secondary N) is 2. The van der Waals surface area contributed by atoms with Gasteiger partial charge in [0.25, 0.3) is 5.91 Å². The molecular weight excluding hydrogens is 424 g/mol. The van der Waals surface area contributed by atoms with Crippen LogP contribution in [0.2, 0.25) is 5.02 Å². The number of benzene rings is 2. The summed E-state index contributed by atoms with van der Waals surface area (Å²) in [7, 11) is 0. The van der Waals surface area contributed by atoms with Crippen molar-refractivity contribution >= 4 is 46.7 Å². The number of carbonyl (C=O) groups excluding carboxylic acids is 4. The molecule has 2 rings (SSSR count). The molecule has 0 saturated heterocycles. The lowest BCUT2D eigenvalue weighted by Crippen LogP contribution is -2.21. The Labute approximate surface area is 184 Å². The Hall–Kier alpha value is -3.39. The van der Waals surface area contributed by atoms with Crippen molar-refractivity contribution in [3.63, 3.8) is 0 Å². The predicted octanol–water partition coefficient (Wildman–Crippen LogP) is 3.81. The van der Waals surface area contributed by atoms with E-state index in [-0.39, 0.29) is 18.7 Å². The fourth-order valence-corrected chi connectivity index (χ4v) is 2.48. The summed E-state index contributed by atoms with van der Waals surface area (Å²) in [6, 6.07) is 12.7. The molecule has 8 nitrogen and oxygen atoms in total. The molecule has 0 atom stereocenters. The van der Waals surface area contributed by atoms with Gasteiger partial charge in [0, 0.05) is 22.8 Å². The third-order valence-electron chi connectivity index (χ3n) is 3.89. The topological polar surface area (TPSA) is 111 Å². The molecular formula is C22H23ClN2O6. The highest BCUT2D eigenvalue weighted by Crippen LogP contribution is 2.14. The van der Waals surface area contributed by atoms with Crippen LogP contribution in [0.5, 0.6) is 0 Å². The van der Waals surface area contributed by atoms with E-state index in [4.69, 9.17) is 21.1 Å². The maximum absolute atomic E-state index is 11.9. The van der Waals surface area contributed by atoms with E-state index in [0.29, 0.717) is 28.6 Å². The van der Waals surface area contributed by atoms with Crippen LogP contribution in [0.1, 0.15) is 36.5 Å². The van der Waals surface area contributed by atoms with Gasteiger partial charge in [0.2, 0.25) is 5.91 Å². The molecule has 0 unspecified atom stereocenters. The summed E-state index contributed by atoms with van der Waals surface area (Å²) in [4.78, 5) is 47.3. The van der Waals surface area contributed by atoms with Crippen molar-refractivity contribution in [2.45, 2.75) is 26.2 Å². The van der Waals surface area contributed by atoms with Crippen LogP contribution in [0.15, 0.2) is 48.5 Å². The summed E-state index contributed by atoms with van der Waals surface area (Å²) < 4.78 is 9.90. The first kappa shape index (κ1) is 23.9. The molecule has 2 N–H and O–H groups in total. The minimum absolute atomic E-state index is 0.0847. The maximum atomic E-state index is 11.9. The van der Waals surface area contributed by atoms with Crippen LogP contribution >= 0.6 is 11.6 Å². The van der Waals surface area contributed by atoms with Gasteiger partial charge in [0.05, 0.1) is 18.6 Å². The second kappa shape index (κ2) is 12.3. The Kier molecular flexibility index (Phi) is 9.51. The van der Waals surface area contributed by atoms with Crippen LogP contribution in [0.4, 0.5) is 11.4 Å². The number of halogens is 1. The summed E-state index contributed by atoms with van der Waals surface area (Å²) in [6.07, 6.45) is 0.478. The Morgan fingerprint density at radius 2 is 1.39 bits per heavy atom. The van der Waals surface area contributed by atoms with Gasteiger partial charge in [-0.25, -0.2) is 4.79 Å². The SMILES string of the molecule is CCCOC(=O)c1ccc(NC(=O)COC(=O)CCC(=O)Nc2ccc(Cl)cc2)cc1. The van der Waals surface area contributed by atoms with Crippen molar-refractivity contribution < 1.29 is 28.7 Å². The van der Waals surface area contributed by atoms with E-state index in [9.17, 15) is 19.2 Å². The van der Waals surface area contributed by atoms with E-state index in [0.717, 1.165) is 6.42 Å². The van der Waals surface area contributed by atoms with E-state index < -0.39 is 24.5 Å². The highest BCUT2D eigenvalue weighted by molar-refractivity contribution is 6.30. The number of hydrogen-bond acceptors (Lipinski definition) is 6. The maximum Gasteiger partial charge on any atom is 0.338 e. The normalized spacial score (nSPS) is 10.1. The minimum Gasteiger partial charge on any atom is -0.462 e. The number of ether oxygens (including phenoxy) is 2. The van der Waals surface area contributed by atoms with Crippen LogP contribution in [0.25, 0.3) is 0 Å². The third kappa shape index (κ3) is 8.88. The Morgan fingerprint density at radius 1 is 0.806 bits per heavy atom. The van der Waals surface area contributed by atoms with Gasteiger partial charge < -0.3 is 20.1 Å². The van der Waals surface area contributed by atoms with Gasteiger partial charge in [-0.1, -0.05) is 18.5 Å². The van der Waals surface area contributed by atoms with Crippen LogP contribution in [-0.2, 0) is 23.9 Å². The molecule has 2 aromatic carbocycles. The van der Waals surface area contributed by atoms with Crippen molar-refractivity contribution in [2.24, 2.45) is 0 Å². The largest absolute Gasteiger partial charge is 0.462 e. The summed E-state index contributed by atoms with van der Waals surface area (Å²) in [5.41, 5.74) is 1.37. The zero-order valence-corrected chi connectivity index (χ0v) is 17.7. The van der Waals surface area contributed by atoms with Crippen LogP contribution in [-0.4, -0.2) is 37.0 Å². The molecule has 0 saturated carbocycles. The summed E-state index contributed by atoms with van der Waals surface area (Å²) >= 11 is 5.77. The van der Waals surface area contributed by atoms with Crippen LogP contribution < -0.4 is 10.6 Å². The van der Waals surface area contributed by atoms with E-state index in [1.54, 1.807) is 36.4 Å². The number of hydrogen-bond donors (Lipinski definition) is 2. The van der Waals surface area contributed by atoms with Crippen molar-refractivity contribution in [1.29, 1.82) is 0 Å². The van der Waals surface area contributed by atoms with Gasteiger partial charge in [-0.05, 0) is 55.0 Å². The number of carbonyl (C=O) groups is 4. The molecule has 0 heterocycles. The average Bonchev–Trinajstić information content (AvgIpc) is 2.76. The van der Waals surface area contributed by atoms with Crippen molar-refractivity contribution in [2.75, 3.05) is 23.8 Å². The standard InChI is InChI=1S/C22H23ClN2O6/c1-2-13-30-22(29)15-3-7-17(8-4-15)25-20(27)14-31-21(28)12-11-19(26)24-18-9-5-16(23)6-10-18/h3-10H,2,11-14H2,1H3,(H,24,26)(H,25,27). The Bertz CT molecular complexity index is 913. The first-order valence-electron chi connectivity index (χ1n) is 9.65.